The van der Waals surface area contributed by atoms with Gasteiger partial charge in [-0.05, 0) is 50.8 Å². The van der Waals surface area contributed by atoms with Crippen LogP contribution in [0.2, 0.25) is 0 Å². The first kappa shape index (κ1) is 16.8. The lowest BCUT2D eigenvalue weighted by molar-refractivity contribution is 0.520. The van der Waals surface area contributed by atoms with Gasteiger partial charge in [-0.2, -0.15) is 0 Å². The Bertz CT molecular complexity index is 603. The summed E-state index contributed by atoms with van der Waals surface area (Å²) in [7, 11) is -1.23. The van der Waals surface area contributed by atoms with Crippen molar-refractivity contribution in [2.45, 2.75) is 52.0 Å². The lowest BCUT2D eigenvalue weighted by Gasteiger charge is -2.20. The zero-order valence-electron chi connectivity index (χ0n) is 13.2. The molecule has 0 aliphatic heterocycles. The molecule has 0 saturated carbocycles. The number of benzene rings is 1. The highest BCUT2D eigenvalue weighted by Crippen LogP contribution is 2.24. The lowest BCUT2D eigenvalue weighted by Crippen LogP contribution is -2.37. The topological polar surface area (TPSA) is 42.0 Å². The average Bonchev–Trinajstić information content (AvgIpc) is 2.39. The maximum absolute atomic E-state index is 12.4. The predicted molar refractivity (Wildman–Crippen MR) is 87.1 cm³/mol. The van der Waals surface area contributed by atoms with Gasteiger partial charge in [0.05, 0.1) is 4.90 Å². The zero-order valence-corrected chi connectivity index (χ0v) is 14.0. The maximum Gasteiger partial charge on any atom is 0.126 e. The van der Waals surface area contributed by atoms with Crippen LogP contribution in [0, 0.1) is 6.92 Å². The second-order valence-corrected chi connectivity index (χ2v) is 6.60. The van der Waals surface area contributed by atoms with E-state index in [0.717, 1.165) is 15.7 Å². The number of hydrogen-bond acceptors (Lipinski definition) is 2. The van der Waals surface area contributed by atoms with Gasteiger partial charge in [0.2, 0.25) is 0 Å². The van der Waals surface area contributed by atoms with Crippen LogP contribution in [0.15, 0.2) is 35.5 Å². The Morgan fingerprint density at radius 2 is 1.75 bits per heavy atom. The molecule has 1 aromatic heterocycles. The molecule has 1 atom stereocenters. The molecular formula is C16H24N2OS. The van der Waals surface area contributed by atoms with Gasteiger partial charge in [-0.3, -0.25) is 4.98 Å². The molecule has 2 rings (SSSR count). The fourth-order valence-electron chi connectivity index (χ4n) is 1.81. The Labute approximate surface area is 124 Å². The fourth-order valence-corrected chi connectivity index (χ4v) is 3.03. The summed E-state index contributed by atoms with van der Waals surface area (Å²) in [4.78, 5) is 4.92. The van der Waals surface area contributed by atoms with Gasteiger partial charge in [-0.25, -0.2) is 8.93 Å². The Hall–Kier alpha value is -1.26. The molecule has 1 aromatic carbocycles. The predicted octanol–water partition coefficient (Wildman–Crippen LogP) is 3.98. The summed E-state index contributed by atoms with van der Waals surface area (Å²) >= 11 is 0. The number of pyridine rings is 1. The van der Waals surface area contributed by atoms with Gasteiger partial charge in [-0.15, -0.1) is 0 Å². The summed E-state index contributed by atoms with van der Waals surface area (Å²) in [6, 6.07) is 5.87. The second kappa shape index (κ2) is 6.95. The molecule has 3 nitrogen and oxygen atoms in total. The SMILES string of the molecule is CC.Cc1ccc(S(=O)NC(C)(C)C)c2cnccc12. The van der Waals surface area contributed by atoms with Crippen LogP contribution in [0.1, 0.15) is 40.2 Å². The number of rotatable bonds is 2. The van der Waals surface area contributed by atoms with Crippen molar-refractivity contribution in [3.8, 4) is 0 Å². The van der Waals surface area contributed by atoms with Crippen LogP contribution in [0.25, 0.3) is 10.8 Å². The number of aryl methyl sites for hydroxylation is 1. The normalized spacial score (nSPS) is 12.7. The molecular weight excluding hydrogens is 268 g/mol. The minimum absolute atomic E-state index is 0.190. The van der Waals surface area contributed by atoms with E-state index in [1.807, 2.05) is 59.7 Å². The monoisotopic (exact) mass is 292 g/mol. The first-order chi connectivity index (χ1) is 9.38. The van der Waals surface area contributed by atoms with Crippen molar-refractivity contribution in [1.82, 2.24) is 9.71 Å². The number of nitrogens with one attached hydrogen (secondary N) is 1. The third-order valence-corrected chi connectivity index (χ3v) is 4.15. The summed E-state index contributed by atoms with van der Waals surface area (Å²) in [6.45, 7) is 12.0. The molecule has 0 amide bonds. The Kier molecular flexibility index (Phi) is 5.84. The Balaban J connectivity index is 0.000000956. The molecule has 0 fully saturated rings. The zero-order chi connectivity index (χ0) is 15.3. The lowest BCUT2D eigenvalue weighted by atomic mass is 10.1. The van der Waals surface area contributed by atoms with E-state index in [2.05, 4.69) is 9.71 Å². The largest absolute Gasteiger partial charge is 0.264 e. The maximum atomic E-state index is 12.4. The fraction of sp³-hybridized carbons (Fsp3) is 0.438. The van der Waals surface area contributed by atoms with Crippen molar-refractivity contribution < 1.29 is 4.21 Å². The highest BCUT2D eigenvalue weighted by atomic mass is 32.2. The van der Waals surface area contributed by atoms with E-state index in [0.29, 0.717) is 0 Å². The molecule has 1 heterocycles. The number of fused-ring (bicyclic) bond motifs is 1. The number of aromatic nitrogens is 1. The van der Waals surface area contributed by atoms with Gasteiger partial charge in [0.25, 0.3) is 0 Å². The third-order valence-electron chi connectivity index (χ3n) is 2.59. The molecule has 0 saturated heterocycles. The van der Waals surface area contributed by atoms with Gasteiger partial charge in [0.1, 0.15) is 11.0 Å². The van der Waals surface area contributed by atoms with Gasteiger partial charge in [-0.1, -0.05) is 19.9 Å². The molecule has 0 radical (unpaired) electrons. The molecule has 0 aliphatic rings. The van der Waals surface area contributed by atoms with Crippen molar-refractivity contribution in [3.63, 3.8) is 0 Å². The smallest absolute Gasteiger partial charge is 0.126 e. The van der Waals surface area contributed by atoms with Crippen molar-refractivity contribution in [2.75, 3.05) is 0 Å². The van der Waals surface area contributed by atoms with Crippen LogP contribution >= 0.6 is 0 Å². The molecule has 110 valence electrons. The second-order valence-electron chi connectivity index (χ2n) is 5.42. The number of nitrogens with zero attached hydrogens (tertiary/aromatic N) is 1. The van der Waals surface area contributed by atoms with Gasteiger partial charge in [0.15, 0.2) is 0 Å². The quantitative estimate of drug-likeness (QED) is 0.909. The van der Waals surface area contributed by atoms with Crippen molar-refractivity contribution in [3.05, 3.63) is 36.2 Å². The first-order valence-corrected chi connectivity index (χ1v) is 8.06. The summed E-state index contributed by atoms with van der Waals surface area (Å²) in [5.74, 6) is 0. The van der Waals surface area contributed by atoms with E-state index in [4.69, 9.17) is 0 Å². The summed E-state index contributed by atoms with van der Waals surface area (Å²) in [5, 5.41) is 2.05. The molecule has 2 aromatic rings. The number of hydrogen-bond donors (Lipinski definition) is 1. The summed E-state index contributed by atoms with van der Waals surface area (Å²) < 4.78 is 15.4. The van der Waals surface area contributed by atoms with Crippen LogP contribution < -0.4 is 4.72 Å². The van der Waals surface area contributed by atoms with E-state index in [1.54, 1.807) is 12.4 Å². The Morgan fingerprint density at radius 1 is 1.10 bits per heavy atom. The van der Waals surface area contributed by atoms with Crippen molar-refractivity contribution >= 4 is 21.8 Å². The molecule has 1 unspecified atom stereocenters. The van der Waals surface area contributed by atoms with Crippen LogP contribution in [0.4, 0.5) is 0 Å². The summed E-state index contributed by atoms with van der Waals surface area (Å²) in [6.07, 6.45) is 3.54. The van der Waals surface area contributed by atoms with E-state index >= 15 is 0 Å². The standard InChI is InChI=1S/C14H18N2OS.C2H6/c1-10-5-6-13(18(17)16-14(2,3)4)12-9-15-8-7-11(10)12;1-2/h5-9,16H,1-4H3;1-2H3. The molecule has 20 heavy (non-hydrogen) atoms. The molecule has 0 spiro atoms. The molecule has 4 heteroatoms. The van der Waals surface area contributed by atoms with E-state index in [1.165, 1.54) is 5.56 Å². The van der Waals surface area contributed by atoms with Gasteiger partial charge < -0.3 is 0 Å². The van der Waals surface area contributed by atoms with Crippen LogP contribution in [-0.4, -0.2) is 14.7 Å². The van der Waals surface area contributed by atoms with Crippen LogP contribution in [-0.2, 0) is 11.0 Å². The van der Waals surface area contributed by atoms with E-state index in [9.17, 15) is 4.21 Å². The van der Waals surface area contributed by atoms with Gasteiger partial charge >= 0.3 is 0 Å². The van der Waals surface area contributed by atoms with E-state index in [-0.39, 0.29) is 5.54 Å². The Morgan fingerprint density at radius 3 is 2.35 bits per heavy atom. The van der Waals surface area contributed by atoms with Crippen LogP contribution in [0.5, 0.6) is 0 Å². The summed E-state index contributed by atoms with van der Waals surface area (Å²) in [5.41, 5.74) is 0.980. The van der Waals surface area contributed by atoms with Crippen LogP contribution in [0.3, 0.4) is 0 Å². The third kappa shape index (κ3) is 4.12. The highest BCUT2D eigenvalue weighted by Gasteiger charge is 2.16. The minimum atomic E-state index is -1.23. The van der Waals surface area contributed by atoms with Crippen molar-refractivity contribution in [2.24, 2.45) is 0 Å². The first-order valence-electron chi connectivity index (χ1n) is 6.91. The van der Waals surface area contributed by atoms with E-state index < -0.39 is 11.0 Å². The molecule has 1 N–H and O–H groups in total. The minimum Gasteiger partial charge on any atom is -0.264 e. The average molecular weight is 292 g/mol. The molecule has 0 bridgehead atoms. The van der Waals surface area contributed by atoms with Crippen molar-refractivity contribution in [1.29, 1.82) is 0 Å². The highest BCUT2D eigenvalue weighted by molar-refractivity contribution is 7.83. The van der Waals surface area contributed by atoms with Gasteiger partial charge in [0, 0.05) is 23.3 Å². The molecule has 0 aliphatic carbocycles.